The summed E-state index contributed by atoms with van der Waals surface area (Å²) in [6, 6.07) is -0.645. The zero-order chi connectivity index (χ0) is 8.27. The maximum Gasteiger partial charge on any atom is 0.0892 e. The lowest BCUT2D eigenvalue weighted by Crippen LogP contribution is -2.39. The van der Waals surface area contributed by atoms with Gasteiger partial charge in [-0.3, -0.25) is 0 Å². The van der Waals surface area contributed by atoms with E-state index in [-0.39, 0.29) is 0 Å². The monoisotopic (exact) mass is 157 g/mol. The molecule has 0 aromatic heterocycles. The Morgan fingerprint density at radius 2 is 1.82 bits per heavy atom. The molecular formula is C6H11N3O2. The molecule has 62 valence electrons. The molecule has 0 bridgehead atoms. The van der Waals surface area contributed by atoms with Crippen LogP contribution in [0, 0.1) is 0 Å². The van der Waals surface area contributed by atoms with E-state index in [1.165, 1.54) is 0 Å². The largest absolute Gasteiger partial charge is 0.393 e. The predicted molar refractivity (Wildman–Crippen MR) is 38.8 cm³/mol. The smallest absolute Gasteiger partial charge is 0.0892 e. The molecule has 1 saturated carbocycles. The van der Waals surface area contributed by atoms with Crippen LogP contribution in [-0.2, 0) is 0 Å². The average molecular weight is 157 g/mol. The van der Waals surface area contributed by atoms with Crippen molar-refractivity contribution >= 4 is 0 Å². The first-order valence-corrected chi connectivity index (χ1v) is 3.66. The van der Waals surface area contributed by atoms with E-state index in [1.807, 2.05) is 0 Å². The minimum absolute atomic E-state index is 0.612. The molecule has 1 aliphatic rings. The fraction of sp³-hybridized carbons (Fsp3) is 1.00. The van der Waals surface area contributed by atoms with Crippen LogP contribution in [-0.4, -0.2) is 28.5 Å². The van der Waals surface area contributed by atoms with Crippen molar-refractivity contribution in [1.29, 1.82) is 0 Å². The fourth-order valence-corrected chi connectivity index (χ4v) is 1.35. The highest BCUT2D eigenvalue weighted by Gasteiger charge is 2.29. The van der Waals surface area contributed by atoms with Crippen LogP contribution in [0.1, 0.15) is 19.3 Å². The number of nitrogens with zero attached hydrogens (tertiary/aromatic N) is 3. The van der Waals surface area contributed by atoms with Crippen molar-refractivity contribution in [2.75, 3.05) is 0 Å². The van der Waals surface area contributed by atoms with Gasteiger partial charge in [-0.2, -0.15) is 0 Å². The number of hydrogen-bond acceptors (Lipinski definition) is 3. The van der Waals surface area contributed by atoms with Gasteiger partial charge < -0.3 is 10.2 Å². The van der Waals surface area contributed by atoms with Gasteiger partial charge in [-0.1, -0.05) is 5.11 Å². The Morgan fingerprint density at radius 1 is 1.27 bits per heavy atom. The Kier molecular flexibility index (Phi) is 2.70. The van der Waals surface area contributed by atoms with Crippen LogP contribution in [0.15, 0.2) is 5.11 Å². The lowest BCUT2D eigenvalue weighted by atomic mass is 9.91. The third-order valence-electron chi connectivity index (χ3n) is 1.97. The maximum absolute atomic E-state index is 9.25. The Labute approximate surface area is 64.3 Å². The second-order valence-corrected chi connectivity index (χ2v) is 2.76. The number of aliphatic hydroxyl groups excluding tert-OH is 2. The normalized spacial score (nSPS) is 37.8. The van der Waals surface area contributed by atoms with E-state index in [4.69, 9.17) is 5.53 Å². The van der Waals surface area contributed by atoms with E-state index in [0.29, 0.717) is 12.8 Å². The molecule has 5 nitrogen and oxygen atoms in total. The summed E-state index contributed by atoms with van der Waals surface area (Å²) < 4.78 is 0. The number of aliphatic hydroxyl groups is 2. The highest BCUT2D eigenvalue weighted by atomic mass is 16.3. The van der Waals surface area contributed by atoms with Crippen molar-refractivity contribution in [2.24, 2.45) is 5.11 Å². The molecule has 11 heavy (non-hydrogen) atoms. The first kappa shape index (κ1) is 8.33. The van der Waals surface area contributed by atoms with Gasteiger partial charge in [-0.25, -0.2) is 0 Å². The van der Waals surface area contributed by atoms with E-state index < -0.39 is 18.2 Å². The summed E-state index contributed by atoms with van der Waals surface area (Å²) in [5.41, 5.74) is 8.09. The molecule has 1 aliphatic carbocycles. The van der Waals surface area contributed by atoms with Gasteiger partial charge in [0.25, 0.3) is 0 Å². The Morgan fingerprint density at radius 3 is 2.27 bits per heavy atom. The molecule has 0 radical (unpaired) electrons. The van der Waals surface area contributed by atoms with E-state index in [2.05, 4.69) is 10.0 Å². The molecule has 0 saturated heterocycles. The van der Waals surface area contributed by atoms with Gasteiger partial charge in [0, 0.05) is 4.91 Å². The summed E-state index contributed by atoms with van der Waals surface area (Å²) >= 11 is 0. The van der Waals surface area contributed by atoms with Crippen LogP contribution in [0.3, 0.4) is 0 Å². The fourth-order valence-electron chi connectivity index (χ4n) is 1.35. The summed E-state index contributed by atoms with van der Waals surface area (Å²) in [5, 5.41) is 21.8. The Bertz CT molecular complexity index is 169. The van der Waals surface area contributed by atoms with Gasteiger partial charge in [0.1, 0.15) is 0 Å². The third kappa shape index (κ3) is 1.83. The molecule has 1 rings (SSSR count). The van der Waals surface area contributed by atoms with Crippen molar-refractivity contribution in [1.82, 2.24) is 0 Å². The van der Waals surface area contributed by atoms with E-state index in [1.54, 1.807) is 0 Å². The molecule has 2 atom stereocenters. The van der Waals surface area contributed by atoms with Crippen LogP contribution in [0.5, 0.6) is 0 Å². The molecule has 0 spiro atoms. The van der Waals surface area contributed by atoms with Gasteiger partial charge >= 0.3 is 0 Å². The van der Waals surface area contributed by atoms with Crippen LogP contribution in [0.4, 0.5) is 0 Å². The third-order valence-corrected chi connectivity index (χ3v) is 1.97. The van der Waals surface area contributed by atoms with E-state index in [9.17, 15) is 10.2 Å². The summed E-state index contributed by atoms with van der Waals surface area (Å²) in [7, 11) is 0. The first-order chi connectivity index (χ1) is 5.25. The lowest BCUT2D eigenvalue weighted by molar-refractivity contribution is 0.0180. The van der Waals surface area contributed by atoms with Crippen LogP contribution in [0.2, 0.25) is 0 Å². The Balaban J connectivity index is 2.62. The molecule has 0 aliphatic heterocycles. The molecule has 2 N–H and O–H groups in total. The molecule has 0 heterocycles. The topological polar surface area (TPSA) is 89.2 Å². The first-order valence-electron chi connectivity index (χ1n) is 3.66. The number of rotatable bonds is 1. The zero-order valence-corrected chi connectivity index (χ0v) is 6.09. The second-order valence-electron chi connectivity index (χ2n) is 2.76. The Hall–Kier alpha value is -0.770. The van der Waals surface area contributed by atoms with E-state index in [0.717, 1.165) is 6.42 Å². The number of azide groups is 1. The average Bonchev–Trinajstić information content (AvgIpc) is 1.97. The highest BCUT2D eigenvalue weighted by molar-refractivity contribution is 4.87. The van der Waals surface area contributed by atoms with Crippen molar-refractivity contribution in [3.8, 4) is 0 Å². The summed E-state index contributed by atoms with van der Waals surface area (Å²) in [5.74, 6) is 0. The molecule has 5 heteroatoms. The van der Waals surface area contributed by atoms with Crippen molar-refractivity contribution in [3.63, 3.8) is 0 Å². The van der Waals surface area contributed by atoms with Crippen LogP contribution in [0.25, 0.3) is 10.4 Å². The summed E-state index contributed by atoms with van der Waals surface area (Å²) in [4.78, 5) is 2.57. The zero-order valence-electron chi connectivity index (χ0n) is 6.09. The molecular weight excluding hydrogens is 146 g/mol. The molecule has 0 amide bonds. The van der Waals surface area contributed by atoms with Crippen molar-refractivity contribution in [3.05, 3.63) is 10.4 Å². The summed E-state index contributed by atoms with van der Waals surface area (Å²) in [6.07, 6.45) is 0.672. The second kappa shape index (κ2) is 3.57. The molecule has 2 unspecified atom stereocenters. The van der Waals surface area contributed by atoms with Crippen molar-refractivity contribution in [2.45, 2.75) is 37.5 Å². The van der Waals surface area contributed by atoms with Gasteiger partial charge in [-0.05, 0) is 24.8 Å². The van der Waals surface area contributed by atoms with Crippen LogP contribution >= 0.6 is 0 Å². The van der Waals surface area contributed by atoms with Crippen molar-refractivity contribution < 1.29 is 10.2 Å². The maximum atomic E-state index is 9.25. The SMILES string of the molecule is [N-]=[N+]=NC1C(O)CCCC1O. The molecule has 0 aromatic carbocycles. The molecule has 0 aromatic rings. The van der Waals surface area contributed by atoms with Gasteiger partial charge in [0.05, 0.1) is 18.2 Å². The minimum Gasteiger partial charge on any atom is -0.393 e. The van der Waals surface area contributed by atoms with Gasteiger partial charge in [0.15, 0.2) is 0 Å². The standard InChI is InChI=1S/C6H11N3O2/c7-9-8-6-4(10)2-1-3-5(6)11/h4-6,10-11H,1-3H2. The molecule has 1 fully saturated rings. The predicted octanol–water partition coefficient (Wildman–Crippen LogP) is 0.571. The van der Waals surface area contributed by atoms with Gasteiger partial charge in [0.2, 0.25) is 0 Å². The number of hydrogen-bond donors (Lipinski definition) is 2. The lowest BCUT2D eigenvalue weighted by Gasteiger charge is -2.28. The minimum atomic E-state index is -0.672. The van der Waals surface area contributed by atoms with Crippen LogP contribution < -0.4 is 0 Å². The quantitative estimate of drug-likeness (QED) is 0.331. The summed E-state index contributed by atoms with van der Waals surface area (Å²) in [6.45, 7) is 0. The highest BCUT2D eigenvalue weighted by Crippen LogP contribution is 2.21. The van der Waals surface area contributed by atoms with Gasteiger partial charge in [-0.15, -0.1) is 0 Å². The van der Waals surface area contributed by atoms with E-state index >= 15 is 0 Å².